The van der Waals surface area contributed by atoms with Crippen LogP contribution >= 0.6 is 27.5 Å². The van der Waals surface area contributed by atoms with Crippen LogP contribution in [0.1, 0.15) is 11.1 Å². The van der Waals surface area contributed by atoms with Gasteiger partial charge in [0, 0.05) is 15.6 Å². The first-order chi connectivity index (χ1) is 8.56. The van der Waals surface area contributed by atoms with Gasteiger partial charge in [0.2, 0.25) is 0 Å². The first-order valence-electron chi connectivity index (χ1n) is 5.08. The van der Waals surface area contributed by atoms with E-state index in [9.17, 15) is 4.39 Å². The number of aromatic nitrogens is 1. The van der Waals surface area contributed by atoms with E-state index in [1.807, 2.05) is 0 Å². The summed E-state index contributed by atoms with van der Waals surface area (Å²) in [5.74, 6) is 0.180. The number of halogens is 3. The molecule has 0 saturated carbocycles. The van der Waals surface area contributed by atoms with Crippen LogP contribution in [-0.2, 0) is 0 Å². The second kappa shape index (κ2) is 4.07. The summed E-state index contributed by atoms with van der Waals surface area (Å²) in [5, 5.41) is 0.345. The monoisotopic (exact) mass is 325 g/mol. The summed E-state index contributed by atoms with van der Waals surface area (Å²) in [6.07, 6.45) is 1.47. The number of benzene rings is 1. The van der Waals surface area contributed by atoms with Gasteiger partial charge in [0.15, 0.2) is 17.3 Å². The Balaban J connectivity index is 2.25. The lowest BCUT2D eigenvalue weighted by Gasteiger charge is -2.22. The Bertz CT molecular complexity index is 687. The van der Waals surface area contributed by atoms with E-state index in [0.717, 1.165) is 5.56 Å². The van der Waals surface area contributed by atoms with Gasteiger partial charge in [-0.3, -0.25) is 0 Å². The highest BCUT2D eigenvalue weighted by atomic mass is 79.9. The van der Waals surface area contributed by atoms with E-state index in [2.05, 4.69) is 27.5 Å². The Kier molecular flexibility index (Phi) is 2.64. The predicted octanol–water partition coefficient (Wildman–Crippen LogP) is 4.80. The van der Waals surface area contributed by atoms with E-state index >= 15 is 0 Å². The number of rotatable bonds is 0. The molecule has 0 N–H and O–H groups in total. The topological polar surface area (TPSA) is 22.1 Å². The number of pyridine rings is 1. The average Bonchev–Trinajstić information content (AvgIpc) is 2.32. The van der Waals surface area contributed by atoms with Gasteiger partial charge in [0.1, 0.15) is 5.15 Å². The smallest absolute Gasteiger partial charge is 0.171 e. The maximum atomic E-state index is 13.8. The highest BCUT2D eigenvalue weighted by Gasteiger charge is 2.24. The van der Waals surface area contributed by atoms with Crippen molar-refractivity contribution in [3.8, 4) is 11.5 Å². The molecule has 1 aromatic heterocycles. The molecule has 1 aromatic carbocycles. The predicted molar refractivity (Wildman–Crippen MR) is 71.6 cm³/mol. The van der Waals surface area contributed by atoms with Crippen LogP contribution in [0.25, 0.3) is 5.57 Å². The Labute approximate surface area is 116 Å². The zero-order valence-corrected chi connectivity index (χ0v) is 11.3. The second-order valence-electron chi connectivity index (χ2n) is 3.85. The van der Waals surface area contributed by atoms with Crippen molar-refractivity contribution in [1.29, 1.82) is 0 Å². The maximum Gasteiger partial charge on any atom is 0.171 e. The largest absolute Gasteiger partial charge is 0.451 e. The minimum atomic E-state index is -0.443. The van der Waals surface area contributed by atoms with Crippen molar-refractivity contribution in [2.24, 2.45) is 0 Å². The molecular formula is C13H6BrClFNO. The Morgan fingerprint density at radius 3 is 2.83 bits per heavy atom. The molecule has 1 aliphatic rings. The SMILES string of the molecule is C=C1c2cc(Cl)ncc2Oc2c(F)cc(Br)cc21. The first-order valence-corrected chi connectivity index (χ1v) is 6.25. The molecule has 90 valence electrons. The minimum Gasteiger partial charge on any atom is -0.451 e. The van der Waals surface area contributed by atoms with Crippen molar-refractivity contribution >= 4 is 33.1 Å². The van der Waals surface area contributed by atoms with Crippen LogP contribution in [0.5, 0.6) is 11.5 Å². The van der Waals surface area contributed by atoms with Crippen LogP contribution in [0.15, 0.2) is 35.4 Å². The van der Waals surface area contributed by atoms with E-state index in [-0.39, 0.29) is 5.75 Å². The molecule has 0 bridgehead atoms. The number of hydrogen-bond donors (Lipinski definition) is 0. The van der Waals surface area contributed by atoms with Crippen LogP contribution in [0.4, 0.5) is 4.39 Å². The highest BCUT2D eigenvalue weighted by molar-refractivity contribution is 9.10. The molecule has 0 radical (unpaired) electrons. The molecule has 0 unspecified atom stereocenters. The van der Waals surface area contributed by atoms with E-state index in [1.165, 1.54) is 12.3 Å². The Hall–Kier alpha value is -1.39. The molecule has 0 aliphatic carbocycles. The summed E-state index contributed by atoms with van der Waals surface area (Å²) in [5.41, 5.74) is 1.99. The van der Waals surface area contributed by atoms with Crippen LogP contribution in [-0.4, -0.2) is 4.98 Å². The average molecular weight is 327 g/mol. The molecule has 3 rings (SSSR count). The van der Waals surface area contributed by atoms with Crippen molar-refractivity contribution in [2.45, 2.75) is 0 Å². The Morgan fingerprint density at radius 2 is 2.06 bits per heavy atom. The molecule has 18 heavy (non-hydrogen) atoms. The van der Waals surface area contributed by atoms with E-state index < -0.39 is 5.82 Å². The molecular weight excluding hydrogens is 321 g/mol. The molecule has 2 aromatic rings. The normalized spacial score (nSPS) is 12.7. The van der Waals surface area contributed by atoms with Crippen LogP contribution < -0.4 is 4.74 Å². The Morgan fingerprint density at radius 1 is 1.28 bits per heavy atom. The van der Waals surface area contributed by atoms with Gasteiger partial charge in [-0.15, -0.1) is 0 Å². The van der Waals surface area contributed by atoms with Crippen molar-refractivity contribution in [3.63, 3.8) is 0 Å². The lowest BCUT2D eigenvalue weighted by Crippen LogP contribution is -2.04. The van der Waals surface area contributed by atoms with Crippen molar-refractivity contribution in [1.82, 2.24) is 4.98 Å². The van der Waals surface area contributed by atoms with E-state index in [4.69, 9.17) is 16.3 Å². The summed E-state index contributed by atoms with van der Waals surface area (Å²) >= 11 is 9.09. The number of nitrogens with zero attached hydrogens (tertiary/aromatic N) is 1. The molecule has 0 saturated heterocycles. The van der Waals surface area contributed by atoms with Gasteiger partial charge in [0.25, 0.3) is 0 Å². The molecule has 0 spiro atoms. The van der Waals surface area contributed by atoms with Crippen molar-refractivity contribution < 1.29 is 9.13 Å². The summed E-state index contributed by atoms with van der Waals surface area (Å²) in [7, 11) is 0. The van der Waals surface area contributed by atoms with E-state index in [1.54, 1.807) is 12.1 Å². The molecule has 2 nitrogen and oxygen atoms in total. The molecule has 0 atom stereocenters. The number of hydrogen-bond acceptors (Lipinski definition) is 2. The molecule has 0 fully saturated rings. The molecule has 0 amide bonds. The molecule has 1 aliphatic heterocycles. The number of fused-ring (bicyclic) bond motifs is 2. The first kappa shape index (κ1) is 11.7. The van der Waals surface area contributed by atoms with Crippen LogP contribution in [0.3, 0.4) is 0 Å². The molecule has 5 heteroatoms. The third kappa shape index (κ3) is 1.72. The third-order valence-electron chi connectivity index (χ3n) is 2.70. The quantitative estimate of drug-likeness (QED) is 0.553. The van der Waals surface area contributed by atoms with Crippen LogP contribution in [0.2, 0.25) is 5.15 Å². The summed E-state index contributed by atoms with van der Waals surface area (Å²) in [6.45, 7) is 3.97. The minimum absolute atomic E-state index is 0.167. The molecule has 2 heterocycles. The van der Waals surface area contributed by atoms with Gasteiger partial charge >= 0.3 is 0 Å². The van der Waals surface area contributed by atoms with Gasteiger partial charge in [-0.1, -0.05) is 34.1 Å². The fraction of sp³-hybridized carbons (Fsp3) is 0. The van der Waals surface area contributed by atoms with Gasteiger partial charge in [-0.2, -0.15) is 0 Å². The lowest BCUT2D eigenvalue weighted by atomic mass is 9.96. The highest BCUT2D eigenvalue weighted by Crippen LogP contribution is 2.45. The van der Waals surface area contributed by atoms with Gasteiger partial charge < -0.3 is 4.74 Å². The van der Waals surface area contributed by atoms with Gasteiger partial charge in [-0.05, 0) is 23.8 Å². The maximum absolute atomic E-state index is 13.8. The zero-order chi connectivity index (χ0) is 12.9. The third-order valence-corrected chi connectivity index (χ3v) is 3.37. The summed E-state index contributed by atoms with van der Waals surface area (Å²) in [4.78, 5) is 3.91. The fourth-order valence-corrected chi connectivity index (χ4v) is 2.47. The number of ether oxygens (including phenoxy) is 1. The summed E-state index contributed by atoms with van der Waals surface area (Å²) in [6, 6.07) is 4.76. The summed E-state index contributed by atoms with van der Waals surface area (Å²) < 4.78 is 20.0. The second-order valence-corrected chi connectivity index (χ2v) is 5.15. The van der Waals surface area contributed by atoms with Gasteiger partial charge in [0.05, 0.1) is 6.20 Å². The standard InChI is InChI=1S/C13H6BrClFNO/c1-6-8-4-12(15)17-5-11(8)18-13-9(6)2-7(14)3-10(13)16/h2-5H,1H2. The zero-order valence-electron chi connectivity index (χ0n) is 9.01. The van der Waals surface area contributed by atoms with Crippen molar-refractivity contribution in [2.75, 3.05) is 0 Å². The van der Waals surface area contributed by atoms with E-state index in [0.29, 0.717) is 26.5 Å². The fourth-order valence-electron chi connectivity index (χ4n) is 1.88. The van der Waals surface area contributed by atoms with Crippen LogP contribution in [0, 0.1) is 5.82 Å². The van der Waals surface area contributed by atoms with Gasteiger partial charge in [-0.25, -0.2) is 9.37 Å². The lowest BCUT2D eigenvalue weighted by molar-refractivity contribution is 0.433. The van der Waals surface area contributed by atoms with Crippen molar-refractivity contribution in [3.05, 3.63) is 57.5 Å².